The van der Waals surface area contributed by atoms with Crippen molar-refractivity contribution in [2.75, 3.05) is 0 Å². The van der Waals surface area contributed by atoms with Gasteiger partial charge in [-0.3, -0.25) is 4.79 Å². The predicted molar refractivity (Wildman–Crippen MR) is 87.9 cm³/mol. The highest BCUT2D eigenvalue weighted by atomic mass is 79.9. The van der Waals surface area contributed by atoms with E-state index in [1.807, 2.05) is 17.5 Å². The van der Waals surface area contributed by atoms with Crippen LogP contribution >= 0.6 is 50.5 Å². The van der Waals surface area contributed by atoms with Crippen molar-refractivity contribution in [2.24, 2.45) is 0 Å². The molecule has 0 aliphatic heterocycles. The molecule has 102 valence electrons. The van der Waals surface area contributed by atoms with Crippen LogP contribution in [0.4, 0.5) is 0 Å². The molecule has 0 saturated heterocycles. The molecule has 0 saturated carbocycles. The normalized spacial score (nSPS) is 11.2. The monoisotopic (exact) mass is 388 g/mol. The third kappa shape index (κ3) is 2.39. The second kappa shape index (κ2) is 5.48. The number of aromatic nitrogens is 2. The van der Waals surface area contributed by atoms with Crippen molar-refractivity contribution >= 4 is 60.7 Å². The molecule has 0 aliphatic rings. The molecule has 2 aromatic heterocycles. The summed E-state index contributed by atoms with van der Waals surface area (Å²) in [6.07, 6.45) is 0. The lowest BCUT2D eigenvalue weighted by atomic mass is 10.1. The molecule has 1 N–H and O–H groups in total. The molecule has 0 bridgehead atoms. The molecule has 20 heavy (non-hydrogen) atoms. The molecule has 0 fully saturated rings. The van der Waals surface area contributed by atoms with E-state index in [4.69, 9.17) is 23.2 Å². The Balaban J connectivity index is 2.30. The quantitative estimate of drug-likeness (QED) is 0.639. The predicted octanol–water partition coefficient (Wildman–Crippen LogP) is 4.81. The first-order valence-electron chi connectivity index (χ1n) is 5.62. The Morgan fingerprint density at radius 1 is 1.35 bits per heavy atom. The SMILES string of the molecule is O=c1[nH]c(CCl)nc2scc(-c3ccc(Br)cc3Cl)c12. The van der Waals surface area contributed by atoms with Crippen LogP contribution < -0.4 is 5.56 Å². The summed E-state index contributed by atoms with van der Waals surface area (Å²) in [5, 5.41) is 3.02. The molecule has 1 aromatic carbocycles. The van der Waals surface area contributed by atoms with Gasteiger partial charge in [-0.05, 0) is 12.1 Å². The van der Waals surface area contributed by atoms with Crippen molar-refractivity contribution in [1.29, 1.82) is 0 Å². The number of hydrogen-bond donors (Lipinski definition) is 1. The molecule has 0 amide bonds. The summed E-state index contributed by atoms with van der Waals surface area (Å²) in [7, 11) is 0. The van der Waals surface area contributed by atoms with Crippen LogP contribution in [0.1, 0.15) is 5.82 Å². The molecule has 0 unspecified atom stereocenters. The maximum absolute atomic E-state index is 12.2. The number of thiophene rings is 1. The topological polar surface area (TPSA) is 45.8 Å². The van der Waals surface area contributed by atoms with Crippen molar-refractivity contribution in [3.63, 3.8) is 0 Å². The summed E-state index contributed by atoms with van der Waals surface area (Å²) in [6, 6.07) is 5.57. The van der Waals surface area contributed by atoms with Crippen LogP contribution in [0.2, 0.25) is 5.02 Å². The number of hydrogen-bond acceptors (Lipinski definition) is 3. The van der Waals surface area contributed by atoms with Gasteiger partial charge >= 0.3 is 0 Å². The van der Waals surface area contributed by atoms with Gasteiger partial charge in [0, 0.05) is 26.0 Å². The zero-order valence-corrected chi connectivity index (χ0v) is 13.8. The van der Waals surface area contributed by atoms with Gasteiger partial charge in [-0.1, -0.05) is 33.6 Å². The van der Waals surface area contributed by atoms with Crippen LogP contribution in [0.25, 0.3) is 21.3 Å². The number of fused-ring (bicyclic) bond motifs is 1. The highest BCUT2D eigenvalue weighted by Gasteiger charge is 2.14. The minimum Gasteiger partial charge on any atom is -0.309 e. The fourth-order valence-electron chi connectivity index (χ4n) is 1.96. The lowest BCUT2D eigenvalue weighted by Crippen LogP contribution is -2.10. The highest BCUT2D eigenvalue weighted by Crippen LogP contribution is 2.36. The third-order valence-electron chi connectivity index (χ3n) is 2.84. The van der Waals surface area contributed by atoms with E-state index in [1.165, 1.54) is 11.3 Å². The van der Waals surface area contributed by atoms with E-state index in [0.29, 0.717) is 21.1 Å². The fraction of sp³-hybridized carbons (Fsp3) is 0.0769. The lowest BCUT2D eigenvalue weighted by Gasteiger charge is -2.03. The van der Waals surface area contributed by atoms with Gasteiger partial charge in [-0.15, -0.1) is 22.9 Å². The van der Waals surface area contributed by atoms with Crippen molar-refractivity contribution in [3.05, 3.63) is 49.3 Å². The van der Waals surface area contributed by atoms with E-state index >= 15 is 0 Å². The van der Waals surface area contributed by atoms with E-state index in [0.717, 1.165) is 15.6 Å². The molecular formula is C13H7BrCl2N2OS. The molecule has 3 nitrogen and oxygen atoms in total. The Morgan fingerprint density at radius 2 is 2.15 bits per heavy atom. The van der Waals surface area contributed by atoms with Crippen LogP contribution in [0.3, 0.4) is 0 Å². The summed E-state index contributed by atoms with van der Waals surface area (Å²) in [5.74, 6) is 0.650. The molecule has 0 aliphatic carbocycles. The van der Waals surface area contributed by atoms with Crippen molar-refractivity contribution < 1.29 is 0 Å². The van der Waals surface area contributed by atoms with Gasteiger partial charge < -0.3 is 4.98 Å². The first-order valence-corrected chi connectivity index (χ1v) is 8.20. The summed E-state index contributed by atoms with van der Waals surface area (Å²) >= 11 is 16.7. The Bertz CT molecular complexity index is 859. The number of benzene rings is 1. The van der Waals surface area contributed by atoms with Gasteiger partial charge in [-0.2, -0.15) is 0 Å². The second-order valence-electron chi connectivity index (χ2n) is 4.10. The van der Waals surface area contributed by atoms with Crippen molar-refractivity contribution in [2.45, 2.75) is 5.88 Å². The Morgan fingerprint density at radius 3 is 2.85 bits per heavy atom. The summed E-state index contributed by atoms with van der Waals surface area (Å²) in [6.45, 7) is 0. The Labute approximate surface area is 136 Å². The number of halogens is 3. The van der Waals surface area contributed by atoms with E-state index in [9.17, 15) is 4.79 Å². The van der Waals surface area contributed by atoms with E-state index in [1.54, 1.807) is 6.07 Å². The van der Waals surface area contributed by atoms with Gasteiger partial charge in [0.15, 0.2) is 0 Å². The van der Waals surface area contributed by atoms with E-state index in [2.05, 4.69) is 25.9 Å². The summed E-state index contributed by atoms with van der Waals surface area (Å²) < 4.78 is 0.891. The van der Waals surface area contributed by atoms with Gasteiger partial charge in [0.05, 0.1) is 11.3 Å². The lowest BCUT2D eigenvalue weighted by molar-refractivity contribution is 1.04. The van der Waals surface area contributed by atoms with Gasteiger partial charge in [0.25, 0.3) is 5.56 Å². The van der Waals surface area contributed by atoms with Crippen LogP contribution in [-0.4, -0.2) is 9.97 Å². The highest BCUT2D eigenvalue weighted by molar-refractivity contribution is 9.10. The van der Waals surface area contributed by atoms with Crippen LogP contribution in [0.5, 0.6) is 0 Å². The van der Waals surface area contributed by atoms with E-state index in [-0.39, 0.29) is 11.4 Å². The minimum atomic E-state index is -0.194. The van der Waals surface area contributed by atoms with Crippen molar-refractivity contribution in [3.8, 4) is 11.1 Å². The maximum Gasteiger partial charge on any atom is 0.260 e. The number of rotatable bonds is 2. The standard InChI is InChI=1S/C13H7BrCl2N2OS/c14-6-1-2-7(9(16)3-6)8-5-20-13-11(8)12(19)17-10(4-15)18-13/h1-3,5H,4H2,(H,17,18,19). The Kier molecular flexibility index (Phi) is 3.86. The molecular weight excluding hydrogens is 383 g/mol. The van der Waals surface area contributed by atoms with Crippen molar-refractivity contribution in [1.82, 2.24) is 9.97 Å². The molecule has 7 heteroatoms. The van der Waals surface area contributed by atoms with Crippen LogP contribution in [0, 0.1) is 0 Å². The zero-order chi connectivity index (χ0) is 14.3. The average Bonchev–Trinajstić information content (AvgIpc) is 2.83. The summed E-state index contributed by atoms with van der Waals surface area (Å²) in [4.78, 5) is 19.9. The van der Waals surface area contributed by atoms with Gasteiger partial charge in [0.1, 0.15) is 10.7 Å². The maximum atomic E-state index is 12.2. The molecule has 3 aromatic rings. The Hall–Kier alpha value is -0.880. The number of nitrogens with zero attached hydrogens (tertiary/aromatic N) is 1. The number of aromatic amines is 1. The third-order valence-corrected chi connectivity index (χ3v) is 4.77. The zero-order valence-electron chi connectivity index (χ0n) is 9.91. The number of nitrogens with one attached hydrogen (secondary N) is 1. The van der Waals surface area contributed by atoms with E-state index < -0.39 is 0 Å². The first-order chi connectivity index (χ1) is 9.60. The van der Waals surface area contributed by atoms with Crippen LogP contribution in [-0.2, 0) is 5.88 Å². The van der Waals surface area contributed by atoms with Gasteiger partial charge in [-0.25, -0.2) is 4.98 Å². The molecule has 0 atom stereocenters. The molecule has 3 rings (SSSR count). The van der Waals surface area contributed by atoms with Gasteiger partial charge in [0.2, 0.25) is 0 Å². The molecule has 2 heterocycles. The molecule has 0 radical (unpaired) electrons. The molecule has 0 spiro atoms. The smallest absolute Gasteiger partial charge is 0.260 e. The second-order valence-corrected chi connectivity index (χ2v) is 6.55. The summed E-state index contributed by atoms with van der Waals surface area (Å²) in [5.41, 5.74) is 1.41. The van der Waals surface area contributed by atoms with Crippen LogP contribution in [0.15, 0.2) is 32.8 Å². The minimum absolute atomic E-state index is 0.178. The average molecular weight is 390 g/mol. The first kappa shape index (κ1) is 14.1. The largest absolute Gasteiger partial charge is 0.309 e. The number of alkyl halides is 1. The number of H-pyrrole nitrogens is 1. The fourth-order valence-corrected chi connectivity index (χ4v) is 3.82.